The van der Waals surface area contributed by atoms with Gasteiger partial charge in [0.25, 0.3) is 0 Å². The minimum atomic E-state index is -0.0826. The number of hydrogen-bond donors (Lipinski definition) is 2. The Labute approximate surface area is 133 Å². The van der Waals surface area contributed by atoms with Gasteiger partial charge in [0, 0.05) is 21.3 Å². The van der Waals surface area contributed by atoms with Gasteiger partial charge >= 0.3 is 0 Å². The first-order valence-electron chi connectivity index (χ1n) is 6.51. The van der Waals surface area contributed by atoms with Crippen LogP contribution in [0.25, 0.3) is 0 Å². The molecule has 0 saturated carbocycles. The lowest BCUT2D eigenvalue weighted by Gasteiger charge is -2.09. The van der Waals surface area contributed by atoms with Gasteiger partial charge in [-0.25, -0.2) is 0 Å². The van der Waals surface area contributed by atoms with Crippen LogP contribution in [0.5, 0.6) is 0 Å². The standard InChI is InChI=1S/C16H17ClN2OS/c1-10-6-7-12(8-13(10)17)19-15(20)9-21-14-5-3-4-11(2)16(14)18/h3-8H,9,18H2,1-2H3,(H,19,20). The van der Waals surface area contributed by atoms with E-state index in [2.05, 4.69) is 5.32 Å². The molecule has 21 heavy (non-hydrogen) atoms. The van der Waals surface area contributed by atoms with Crippen molar-refractivity contribution in [3.05, 3.63) is 52.5 Å². The van der Waals surface area contributed by atoms with E-state index in [1.54, 1.807) is 6.07 Å². The maximum absolute atomic E-state index is 12.0. The molecule has 0 heterocycles. The molecule has 1 amide bonds. The molecule has 3 N–H and O–H groups in total. The summed E-state index contributed by atoms with van der Waals surface area (Å²) < 4.78 is 0. The Hall–Kier alpha value is -1.65. The molecule has 2 aromatic rings. The van der Waals surface area contributed by atoms with Crippen molar-refractivity contribution < 1.29 is 4.79 Å². The lowest BCUT2D eigenvalue weighted by atomic mass is 10.2. The van der Waals surface area contributed by atoms with Gasteiger partial charge in [-0.05, 0) is 43.2 Å². The van der Waals surface area contributed by atoms with Crippen LogP contribution >= 0.6 is 23.4 Å². The zero-order valence-electron chi connectivity index (χ0n) is 11.9. The van der Waals surface area contributed by atoms with E-state index in [0.29, 0.717) is 16.5 Å². The first kappa shape index (κ1) is 15.7. The highest BCUT2D eigenvalue weighted by atomic mass is 35.5. The topological polar surface area (TPSA) is 55.1 Å². The van der Waals surface area contributed by atoms with Crippen LogP contribution in [0.15, 0.2) is 41.3 Å². The summed E-state index contributed by atoms with van der Waals surface area (Å²) in [5.74, 6) is 0.222. The van der Waals surface area contributed by atoms with Crippen molar-refractivity contribution in [2.75, 3.05) is 16.8 Å². The summed E-state index contributed by atoms with van der Waals surface area (Å²) in [6, 6.07) is 11.3. The van der Waals surface area contributed by atoms with Crippen molar-refractivity contribution in [2.45, 2.75) is 18.7 Å². The molecule has 0 unspecified atom stereocenters. The van der Waals surface area contributed by atoms with Gasteiger partial charge < -0.3 is 11.1 Å². The van der Waals surface area contributed by atoms with Crippen molar-refractivity contribution in [1.82, 2.24) is 0 Å². The molecule has 2 rings (SSSR count). The van der Waals surface area contributed by atoms with E-state index in [4.69, 9.17) is 17.3 Å². The van der Waals surface area contributed by atoms with Crippen LogP contribution in [0.3, 0.4) is 0 Å². The van der Waals surface area contributed by atoms with Crippen LogP contribution in [0.2, 0.25) is 5.02 Å². The molecule has 0 aromatic heterocycles. The second kappa shape index (κ2) is 6.87. The number of thioether (sulfide) groups is 1. The van der Waals surface area contributed by atoms with E-state index in [1.165, 1.54) is 11.8 Å². The number of rotatable bonds is 4. The third kappa shape index (κ3) is 4.16. The number of para-hydroxylation sites is 1. The molecule has 0 spiro atoms. The van der Waals surface area contributed by atoms with Gasteiger partial charge in [-0.3, -0.25) is 4.79 Å². The number of amides is 1. The lowest BCUT2D eigenvalue weighted by Crippen LogP contribution is -2.14. The number of carbonyl (C=O) groups excluding carboxylic acids is 1. The molecule has 0 fully saturated rings. The molecule has 0 saturated heterocycles. The second-order valence-electron chi connectivity index (χ2n) is 4.79. The minimum absolute atomic E-state index is 0.0826. The van der Waals surface area contributed by atoms with Crippen molar-refractivity contribution in [3.63, 3.8) is 0 Å². The predicted molar refractivity (Wildman–Crippen MR) is 91.1 cm³/mol. The highest BCUT2D eigenvalue weighted by molar-refractivity contribution is 8.00. The lowest BCUT2D eigenvalue weighted by molar-refractivity contribution is -0.113. The summed E-state index contributed by atoms with van der Waals surface area (Å²) in [6.07, 6.45) is 0. The van der Waals surface area contributed by atoms with Crippen LogP contribution in [0.1, 0.15) is 11.1 Å². The van der Waals surface area contributed by atoms with Crippen LogP contribution in [0, 0.1) is 13.8 Å². The highest BCUT2D eigenvalue weighted by Crippen LogP contribution is 2.27. The molecular formula is C16H17ClN2OS. The van der Waals surface area contributed by atoms with Gasteiger partial charge in [-0.2, -0.15) is 0 Å². The maximum Gasteiger partial charge on any atom is 0.234 e. The fraction of sp³-hybridized carbons (Fsp3) is 0.188. The molecule has 110 valence electrons. The third-order valence-corrected chi connectivity index (χ3v) is 4.58. The van der Waals surface area contributed by atoms with Crippen LogP contribution < -0.4 is 11.1 Å². The van der Waals surface area contributed by atoms with Crippen molar-refractivity contribution in [3.8, 4) is 0 Å². The summed E-state index contributed by atoms with van der Waals surface area (Å²) in [4.78, 5) is 12.9. The SMILES string of the molecule is Cc1ccc(NC(=O)CSc2cccc(C)c2N)cc1Cl. The normalized spacial score (nSPS) is 10.4. The number of nitrogens with two attached hydrogens (primary N) is 1. The zero-order valence-corrected chi connectivity index (χ0v) is 13.5. The Bertz CT molecular complexity index is 673. The first-order chi connectivity index (χ1) is 9.97. The smallest absolute Gasteiger partial charge is 0.234 e. The Balaban J connectivity index is 1.96. The number of carbonyl (C=O) groups is 1. The largest absolute Gasteiger partial charge is 0.398 e. The zero-order chi connectivity index (χ0) is 15.4. The van der Waals surface area contributed by atoms with E-state index in [9.17, 15) is 4.79 Å². The Morgan fingerprint density at radius 2 is 2.00 bits per heavy atom. The van der Waals surface area contributed by atoms with Crippen molar-refractivity contribution >= 4 is 40.6 Å². The molecular weight excluding hydrogens is 304 g/mol. The number of nitrogens with one attached hydrogen (secondary N) is 1. The fourth-order valence-corrected chi connectivity index (χ4v) is 2.82. The summed E-state index contributed by atoms with van der Waals surface area (Å²) >= 11 is 7.46. The number of hydrogen-bond acceptors (Lipinski definition) is 3. The molecule has 0 atom stereocenters. The van der Waals surface area contributed by atoms with E-state index in [-0.39, 0.29) is 5.91 Å². The average molecular weight is 321 g/mol. The Morgan fingerprint density at radius 1 is 1.24 bits per heavy atom. The van der Waals surface area contributed by atoms with E-state index in [1.807, 2.05) is 44.2 Å². The number of benzene rings is 2. The summed E-state index contributed by atoms with van der Waals surface area (Å²) in [5, 5.41) is 3.47. The van der Waals surface area contributed by atoms with Crippen LogP contribution in [-0.2, 0) is 4.79 Å². The number of halogens is 1. The second-order valence-corrected chi connectivity index (χ2v) is 6.21. The monoisotopic (exact) mass is 320 g/mol. The summed E-state index contributed by atoms with van der Waals surface area (Å²) in [7, 11) is 0. The molecule has 2 aromatic carbocycles. The van der Waals surface area contributed by atoms with E-state index >= 15 is 0 Å². The van der Waals surface area contributed by atoms with E-state index in [0.717, 1.165) is 21.7 Å². The molecule has 5 heteroatoms. The van der Waals surface area contributed by atoms with Crippen LogP contribution in [-0.4, -0.2) is 11.7 Å². The molecule has 0 aliphatic heterocycles. The van der Waals surface area contributed by atoms with Gasteiger partial charge in [0.05, 0.1) is 5.75 Å². The molecule has 0 aliphatic rings. The van der Waals surface area contributed by atoms with Gasteiger partial charge in [0.2, 0.25) is 5.91 Å². The number of anilines is 2. The van der Waals surface area contributed by atoms with Gasteiger partial charge in [0.15, 0.2) is 0 Å². The third-order valence-electron chi connectivity index (χ3n) is 3.10. The quantitative estimate of drug-likeness (QED) is 0.653. The van der Waals surface area contributed by atoms with Gasteiger partial charge in [-0.15, -0.1) is 11.8 Å². The highest BCUT2D eigenvalue weighted by Gasteiger charge is 2.07. The summed E-state index contributed by atoms with van der Waals surface area (Å²) in [5.41, 5.74) is 9.42. The molecule has 0 bridgehead atoms. The predicted octanol–water partition coefficient (Wildman–Crippen LogP) is 4.27. The first-order valence-corrected chi connectivity index (χ1v) is 7.87. The Kier molecular flexibility index (Phi) is 5.15. The summed E-state index contributed by atoms with van der Waals surface area (Å²) in [6.45, 7) is 3.87. The van der Waals surface area contributed by atoms with Crippen molar-refractivity contribution in [2.24, 2.45) is 0 Å². The fourth-order valence-electron chi connectivity index (χ4n) is 1.79. The van der Waals surface area contributed by atoms with Gasteiger partial charge in [-0.1, -0.05) is 29.8 Å². The number of aryl methyl sites for hydroxylation is 2. The maximum atomic E-state index is 12.0. The Morgan fingerprint density at radius 3 is 2.71 bits per heavy atom. The van der Waals surface area contributed by atoms with E-state index < -0.39 is 0 Å². The average Bonchev–Trinajstić information content (AvgIpc) is 2.44. The van der Waals surface area contributed by atoms with Gasteiger partial charge in [0.1, 0.15) is 0 Å². The molecule has 3 nitrogen and oxygen atoms in total. The minimum Gasteiger partial charge on any atom is -0.398 e. The van der Waals surface area contributed by atoms with Crippen LogP contribution in [0.4, 0.5) is 11.4 Å². The molecule has 0 radical (unpaired) electrons. The van der Waals surface area contributed by atoms with Crippen molar-refractivity contribution in [1.29, 1.82) is 0 Å². The molecule has 0 aliphatic carbocycles. The number of nitrogen functional groups attached to an aromatic ring is 1.